The van der Waals surface area contributed by atoms with E-state index in [1.165, 1.54) is 16.1 Å². The van der Waals surface area contributed by atoms with Gasteiger partial charge in [0.1, 0.15) is 0 Å². The van der Waals surface area contributed by atoms with Crippen LogP contribution in [0.3, 0.4) is 0 Å². The Morgan fingerprint density at radius 1 is 1.69 bits per heavy atom. The largest absolute Gasteiger partial charge is 0.436 e. The summed E-state index contributed by atoms with van der Waals surface area (Å²) in [6, 6.07) is 0. The van der Waals surface area contributed by atoms with E-state index in [0.717, 1.165) is 19.3 Å². The number of rotatable bonds is 4. The van der Waals surface area contributed by atoms with Gasteiger partial charge in [0.15, 0.2) is 0 Å². The second-order valence-corrected chi connectivity index (χ2v) is 4.67. The highest BCUT2D eigenvalue weighted by atomic mass is 127. The summed E-state index contributed by atoms with van der Waals surface area (Å²) in [5.74, 6) is -0.278. The van der Waals surface area contributed by atoms with Crippen LogP contribution in [0.25, 0.3) is 0 Å². The number of carbonyl (C=O) groups is 1. The molecule has 0 aromatic carbocycles. The van der Waals surface area contributed by atoms with E-state index in [2.05, 4.69) is 10.8 Å². The summed E-state index contributed by atoms with van der Waals surface area (Å²) in [6.45, 7) is 5.02. The first-order chi connectivity index (χ1) is 7.63. The molecule has 1 fully saturated rings. The van der Waals surface area contributed by atoms with Gasteiger partial charge < -0.3 is 13.7 Å². The Balaban J connectivity index is 0.000000487. The van der Waals surface area contributed by atoms with E-state index in [4.69, 9.17) is 9.47 Å². The first kappa shape index (κ1) is 16.2. The average Bonchev–Trinajstić information content (AvgIpc) is 2.66. The van der Waals surface area contributed by atoms with E-state index < -0.39 is 0 Å². The molecule has 1 heterocycles. The fourth-order valence-electron chi connectivity index (χ4n) is 1.30. The topological polar surface area (TPSA) is 44.8 Å². The van der Waals surface area contributed by atoms with Crippen LogP contribution in [0, 0.1) is 0 Å². The Morgan fingerprint density at radius 2 is 2.31 bits per heavy atom. The molecule has 4 nitrogen and oxygen atoms in total. The molecule has 16 heavy (non-hydrogen) atoms. The maximum absolute atomic E-state index is 10.5. The molecule has 1 aliphatic rings. The predicted octanol–water partition coefficient (Wildman–Crippen LogP) is 3.26. The molecule has 2 unspecified atom stereocenters. The van der Waals surface area contributed by atoms with E-state index >= 15 is 0 Å². The van der Waals surface area contributed by atoms with Gasteiger partial charge in [-0.05, 0) is 12.8 Å². The quantitative estimate of drug-likeness (QED) is 0.333. The van der Waals surface area contributed by atoms with Crippen LogP contribution in [0.2, 0.25) is 0 Å². The van der Waals surface area contributed by atoms with Crippen LogP contribution in [0.4, 0.5) is 0 Å². The fourth-order valence-corrected chi connectivity index (χ4v) is 1.30. The van der Waals surface area contributed by atoms with Crippen LogP contribution in [-0.4, -0.2) is 25.5 Å². The van der Waals surface area contributed by atoms with E-state index in [1.54, 1.807) is 7.11 Å². The molecule has 0 N–H and O–H groups in total. The Bertz CT molecular complexity index is 211. The molecule has 6 heteroatoms. The van der Waals surface area contributed by atoms with Gasteiger partial charge in [-0.25, -0.2) is 0 Å². The highest BCUT2D eigenvalue weighted by Crippen LogP contribution is 2.22. The van der Waals surface area contributed by atoms with Crippen LogP contribution in [-0.2, 0) is 18.5 Å². The summed E-state index contributed by atoms with van der Waals surface area (Å²) in [5.41, 5.74) is 0. The Morgan fingerprint density at radius 3 is 2.75 bits per heavy atom. The van der Waals surface area contributed by atoms with Crippen molar-refractivity contribution in [2.75, 3.05) is 7.11 Å². The minimum absolute atomic E-state index is 0.187. The van der Waals surface area contributed by atoms with Crippen molar-refractivity contribution < 1.29 is 18.5 Å². The number of halogens is 1. The van der Waals surface area contributed by atoms with Gasteiger partial charge in [-0.15, -0.1) is 6.58 Å². The van der Waals surface area contributed by atoms with Crippen molar-refractivity contribution >= 4 is 36.4 Å². The van der Waals surface area contributed by atoms with Crippen LogP contribution >= 0.6 is 30.4 Å². The average molecular weight is 360 g/mol. The van der Waals surface area contributed by atoms with Gasteiger partial charge in [0.05, 0.1) is 22.4 Å². The zero-order chi connectivity index (χ0) is 12.4. The van der Waals surface area contributed by atoms with Crippen molar-refractivity contribution in [1.29, 1.82) is 0 Å². The molecule has 94 valence electrons. The minimum Gasteiger partial charge on any atom is -0.436 e. The molecule has 1 saturated heterocycles. The van der Waals surface area contributed by atoms with Crippen LogP contribution in [0.5, 0.6) is 0 Å². The standard InChI is InChI=1S/C9H14O3.CH3IOS/c1-3-4-8-5-6-9(12-8)11-7(2)10;1-3-4-2/h3,8-9H,1,4-6H2,2H3;1H3. The van der Waals surface area contributed by atoms with Crippen molar-refractivity contribution in [2.45, 2.75) is 38.6 Å². The van der Waals surface area contributed by atoms with E-state index in [0.29, 0.717) is 0 Å². The molecule has 0 bridgehead atoms. The number of hydrogen-bond acceptors (Lipinski definition) is 5. The van der Waals surface area contributed by atoms with Crippen molar-refractivity contribution in [2.24, 2.45) is 0 Å². The number of hydrogen-bond donors (Lipinski definition) is 0. The number of carbonyl (C=O) groups excluding carboxylic acids is 1. The predicted molar refractivity (Wildman–Crippen MR) is 73.1 cm³/mol. The lowest BCUT2D eigenvalue weighted by Crippen LogP contribution is -2.16. The maximum Gasteiger partial charge on any atom is 0.304 e. The van der Waals surface area contributed by atoms with Crippen LogP contribution in [0.15, 0.2) is 12.7 Å². The summed E-state index contributed by atoms with van der Waals surface area (Å²) >= 11 is 2.05. The molecule has 1 aliphatic heterocycles. The fraction of sp³-hybridized carbons (Fsp3) is 0.700. The molecule has 2 atom stereocenters. The van der Waals surface area contributed by atoms with Gasteiger partial charge in [-0.1, -0.05) is 6.08 Å². The van der Waals surface area contributed by atoms with E-state index in [-0.39, 0.29) is 18.4 Å². The van der Waals surface area contributed by atoms with Gasteiger partial charge in [0, 0.05) is 34.6 Å². The van der Waals surface area contributed by atoms with Crippen molar-refractivity contribution in [3.8, 4) is 0 Å². The third kappa shape index (κ3) is 8.37. The second kappa shape index (κ2) is 10.4. The van der Waals surface area contributed by atoms with Gasteiger partial charge in [0.2, 0.25) is 6.29 Å². The zero-order valence-corrected chi connectivity index (χ0v) is 12.5. The van der Waals surface area contributed by atoms with Gasteiger partial charge >= 0.3 is 5.97 Å². The normalized spacial score (nSPS) is 23.2. The van der Waals surface area contributed by atoms with Crippen molar-refractivity contribution in [1.82, 2.24) is 0 Å². The molecule has 0 aromatic heterocycles. The molecule has 1 rings (SSSR count). The zero-order valence-electron chi connectivity index (χ0n) is 9.48. The lowest BCUT2D eigenvalue weighted by Gasteiger charge is -2.11. The summed E-state index contributed by atoms with van der Waals surface area (Å²) in [7, 11) is 2.96. The monoisotopic (exact) mass is 360 g/mol. The number of ether oxygens (including phenoxy) is 2. The van der Waals surface area contributed by atoms with Gasteiger partial charge in [-0.3, -0.25) is 4.79 Å². The maximum atomic E-state index is 10.5. The Labute approximate surface area is 113 Å². The van der Waals surface area contributed by atoms with Gasteiger partial charge in [0.25, 0.3) is 0 Å². The molecule has 0 spiro atoms. The summed E-state index contributed by atoms with van der Waals surface area (Å²) in [6.07, 6.45) is 4.26. The molecular weight excluding hydrogens is 343 g/mol. The first-order valence-corrected chi connectivity index (χ1v) is 8.17. The third-order valence-corrected chi connectivity index (χ3v) is 3.06. The molecule has 0 amide bonds. The van der Waals surface area contributed by atoms with Crippen molar-refractivity contribution in [3.63, 3.8) is 0 Å². The van der Waals surface area contributed by atoms with Gasteiger partial charge in [-0.2, -0.15) is 0 Å². The highest BCUT2D eigenvalue weighted by Gasteiger charge is 2.25. The van der Waals surface area contributed by atoms with E-state index in [9.17, 15) is 4.79 Å². The summed E-state index contributed by atoms with van der Waals surface area (Å²) in [5, 5.41) is 0. The Hall–Kier alpha value is 0.210. The summed E-state index contributed by atoms with van der Waals surface area (Å²) < 4.78 is 14.7. The summed E-state index contributed by atoms with van der Waals surface area (Å²) in [4.78, 5) is 10.5. The lowest BCUT2D eigenvalue weighted by atomic mass is 10.2. The SMILES string of the molecule is C=CCC1CCC(OC(C)=O)O1.COSI. The minimum atomic E-state index is -0.326. The second-order valence-electron chi connectivity index (χ2n) is 3.13. The Kier molecular flexibility index (Phi) is 10.5. The van der Waals surface area contributed by atoms with Crippen molar-refractivity contribution in [3.05, 3.63) is 12.7 Å². The third-order valence-electron chi connectivity index (χ3n) is 1.86. The highest BCUT2D eigenvalue weighted by molar-refractivity contribution is 14.2. The molecule has 0 saturated carbocycles. The number of esters is 1. The van der Waals surface area contributed by atoms with Crippen LogP contribution in [0.1, 0.15) is 26.2 Å². The molecule has 0 aromatic rings. The van der Waals surface area contributed by atoms with Crippen LogP contribution < -0.4 is 0 Å². The first-order valence-electron chi connectivity index (χ1n) is 4.89. The molecule has 0 aliphatic carbocycles. The molecular formula is C10H17IO4S. The smallest absolute Gasteiger partial charge is 0.304 e. The molecule has 0 radical (unpaired) electrons. The lowest BCUT2D eigenvalue weighted by molar-refractivity contribution is -0.172. The van der Waals surface area contributed by atoms with E-state index in [1.807, 2.05) is 27.3 Å².